The van der Waals surface area contributed by atoms with Crippen LogP contribution in [0, 0.1) is 6.92 Å². The fourth-order valence-electron chi connectivity index (χ4n) is 5.04. The molecule has 3 fully saturated rings. The van der Waals surface area contributed by atoms with Crippen molar-refractivity contribution in [3.8, 4) is 0 Å². The molecule has 3 aliphatic rings. The molecule has 0 aromatic heterocycles. The number of urea groups is 1. The molecule has 4 rings (SSSR count). The summed E-state index contributed by atoms with van der Waals surface area (Å²) in [7, 11) is 0. The van der Waals surface area contributed by atoms with Crippen molar-refractivity contribution in [1.29, 1.82) is 0 Å². The lowest BCUT2D eigenvalue weighted by Crippen LogP contribution is -2.53. The number of piperidine rings is 2. The number of hydrogen-bond donors (Lipinski definition) is 0. The van der Waals surface area contributed by atoms with E-state index in [9.17, 15) is 4.79 Å². The van der Waals surface area contributed by atoms with Crippen molar-refractivity contribution in [3.63, 3.8) is 0 Å². The van der Waals surface area contributed by atoms with Gasteiger partial charge in [0.2, 0.25) is 0 Å². The SMILES string of the molecule is Cc1ccccc1C1CC2CCC(C1)N2C(=O)N1CCCCC1. The summed E-state index contributed by atoms with van der Waals surface area (Å²) in [6.45, 7) is 4.16. The largest absolute Gasteiger partial charge is 0.325 e. The van der Waals surface area contributed by atoms with Gasteiger partial charge in [0.1, 0.15) is 0 Å². The zero-order chi connectivity index (χ0) is 15.8. The lowest BCUT2D eigenvalue weighted by atomic mass is 9.83. The highest BCUT2D eigenvalue weighted by Crippen LogP contribution is 2.44. The standard InChI is InChI=1S/C20H28N2O/c1-15-7-3-4-8-19(15)16-13-17-9-10-18(14-16)22(17)20(23)21-11-5-2-6-12-21/h3-4,7-8,16-18H,2,5-6,9-14H2,1H3. The van der Waals surface area contributed by atoms with Crippen LogP contribution >= 0.6 is 0 Å². The molecule has 3 saturated heterocycles. The van der Waals surface area contributed by atoms with Gasteiger partial charge in [-0.2, -0.15) is 0 Å². The lowest BCUT2D eigenvalue weighted by molar-refractivity contribution is 0.0990. The first-order valence-corrected chi connectivity index (χ1v) is 9.37. The van der Waals surface area contributed by atoms with E-state index in [-0.39, 0.29) is 0 Å². The minimum Gasteiger partial charge on any atom is -0.325 e. The van der Waals surface area contributed by atoms with E-state index in [0.717, 1.165) is 25.9 Å². The predicted molar refractivity (Wildman–Crippen MR) is 92.6 cm³/mol. The molecule has 0 saturated carbocycles. The zero-order valence-corrected chi connectivity index (χ0v) is 14.2. The number of nitrogens with zero attached hydrogens (tertiary/aromatic N) is 2. The van der Waals surface area contributed by atoms with Gasteiger partial charge >= 0.3 is 6.03 Å². The van der Waals surface area contributed by atoms with Crippen molar-refractivity contribution in [2.45, 2.75) is 69.9 Å². The fourth-order valence-corrected chi connectivity index (χ4v) is 5.04. The molecular weight excluding hydrogens is 284 g/mol. The van der Waals surface area contributed by atoms with Crippen LogP contribution in [0.1, 0.15) is 62.0 Å². The van der Waals surface area contributed by atoms with Crippen molar-refractivity contribution >= 4 is 6.03 Å². The first-order valence-electron chi connectivity index (χ1n) is 9.37. The summed E-state index contributed by atoms with van der Waals surface area (Å²) >= 11 is 0. The molecule has 3 aliphatic heterocycles. The molecule has 23 heavy (non-hydrogen) atoms. The molecule has 2 amide bonds. The number of rotatable bonds is 1. The summed E-state index contributed by atoms with van der Waals surface area (Å²) in [6.07, 6.45) is 8.36. The number of likely N-dealkylation sites (tertiary alicyclic amines) is 1. The average molecular weight is 312 g/mol. The maximum absolute atomic E-state index is 13.0. The summed E-state index contributed by atoms with van der Waals surface area (Å²) in [4.78, 5) is 17.4. The first kappa shape index (κ1) is 15.0. The molecular formula is C20H28N2O. The van der Waals surface area contributed by atoms with Gasteiger partial charge in [-0.3, -0.25) is 0 Å². The maximum Gasteiger partial charge on any atom is 0.320 e. The minimum atomic E-state index is 0.334. The molecule has 2 unspecified atom stereocenters. The number of carbonyl (C=O) groups excluding carboxylic acids is 1. The van der Waals surface area contributed by atoms with Gasteiger partial charge in [-0.25, -0.2) is 4.79 Å². The number of fused-ring (bicyclic) bond motifs is 2. The van der Waals surface area contributed by atoms with Crippen LogP contribution in [0.3, 0.4) is 0 Å². The van der Waals surface area contributed by atoms with Crippen LogP contribution in [0.25, 0.3) is 0 Å². The van der Waals surface area contributed by atoms with E-state index in [1.54, 1.807) is 0 Å². The van der Waals surface area contributed by atoms with Crippen molar-refractivity contribution in [2.24, 2.45) is 0 Å². The van der Waals surface area contributed by atoms with Gasteiger partial charge in [0.05, 0.1) is 0 Å². The number of aryl methyl sites for hydroxylation is 1. The van der Waals surface area contributed by atoms with E-state index in [4.69, 9.17) is 0 Å². The topological polar surface area (TPSA) is 23.6 Å². The molecule has 2 bridgehead atoms. The van der Waals surface area contributed by atoms with E-state index in [0.29, 0.717) is 24.0 Å². The Kier molecular flexibility index (Phi) is 4.04. The summed E-state index contributed by atoms with van der Waals surface area (Å²) in [5.41, 5.74) is 2.92. The normalized spacial score (nSPS) is 30.6. The number of carbonyl (C=O) groups is 1. The first-order chi connectivity index (χ1) is 11.2. The van der Waals surface area contributed by atoms with Crippen molar-refractivity contribution in [2.75, 3.05) is 13.1 Å². The van der Waals surface area contributed by atoms with E-state index >= 15 is 0 Å². The molecule has 1 aromatic carbocycles. The second kappa shape index (κ2) is 6.18. The second-order valence-electron chi connectivity index (χ2n) is 7.65. The third-order valence-corrected chi connectivity index (χ3v) is 6.21. The Bertz CT molecular complexity index is 565. The van der Waals surface area contributed by atoms with Gasteiger partial charge in [0.15, 0.2) is 0 Å². The van der Waals surface area contributed by atoms with Crippen LogP contribution < -0.4 is 0 Å². The van der Waals surface area contributed by atoms with Crippen LogP contribution in [0.4, 0.5) is 4.79 Å². The average Bonchev–Trinajstić information content (AvgIpc) is 2.85. The van der Waals surface area contributed by atoms with Crippen LogP contribution in [-0.4, -0.2) is 41.0 Å². The highest BCUT2D eigenvalue weighted by Gasteiger charge is 2.45. The Morgan fingerprint density at radius 3 is 2.30 bits per heavy atom. The van der Waals surface area contributed by atoms with E-state index in [1.807, 2.05) is 0 Å². The Morgan fingerprint density at radius 2 is 1.65 bits per heavy atom. The number of benzene rings is 1. The van der Waals surface area contributed by atoms with Gasteiger partial charge < -0.3 is 9.80 Å². The molecule has 0 aliphatic carbocycles. The smallest absolute Gasteiger partial charge is 0.320 e. The Morgan fingerprint density at radius 1 is 1.00 bits per heavy atom. The molecule has 0 spiro atoms. The van der Waals surface area contributed by atoms with Gasteiger partial charge in [-0.1, -0.05) is 24.3 Å². The predicted octanol–water partition coefficient (Wildman–Crippen LogP) is 4.31. The van der Waals surface area contributed by atoms with E-state index < -0.39 is 0 Å². The molecule has 2 atom stereocenters. The highest BCUT2D eigenvalue weighted by atomic mass is 16.2. The third kappa shape index (κ3) is 2.75. The van der Waals surface area contributed by atoms with Gasteiger partial charge in [-0.15, -0.1) is 0 Å². The Labute approximate surface area is 139 Å². The van der Waals surface area contributed by atoms with Gasteiger partial charge in [-0.05, 0) is 68.9 Å². The van der Waals surface area contributed by atoms with Crippen LogP contribution in [0.5, 0.6) is 0 Å². The monoisotopic (exact) mass is 312 g/mol. The fraction of sp³-hybridized carbons (Fsp3) is 0.650. The summed E-state index contributed by atoms with van der Waals surface area (Å²) < 4.78 is 0. The molecule has 0 radical (unpaired) electrons. The van der Waals surface area contributed by atoms with E-state index in [1.165, 1.54) is 43.2 Å². The maximum atomic E-state index is 13.0. The summed E-state index contributed by atoms with van der Waals surface area (Å²) in [5, 5.41) is 0. The molecule has 3 heteroatoms. The van der Waals surface area contributed by atoms with Crippen LogP contribution in [-0.2, 0) is 0 Å². The molecule has 124 valence electrons. The zero-order valence-electron chi connectivity index (χ0n) is 14.2. The van der Waals surface area contributed by atoms with Crippen LogP contribution in [0.15, 0.2) is 24.3 Å². The van der Waals surface area contributed by atoms with Gasteiger partial charge in [0, 0.05) is 25.2 Å². The van der Waals surface area contributed by atoms with Gasteiger partial charge in [0.25, 0.3) is 0 Å². The highest BCUT2D eigenvalue weighted by molar-refractivity contribution is 5.76. The second-order valence-corrected chi connectivity index (χ2v) is 7.65. The lowest BCUT2D eigenvalue weighted by Gasteiger charge is -2.42. The summed E-state index contributed by atoms with van der Waals surface area (Å²) in [5.74, 6) is 0.638. The third-order valence-electron chi connectivity index (χ3n) is 6.21. The minimum absolute atomic E-state index is 0.334. The van der Waals surface area contributed by atoms with Crippen molar-refractivity contribution in [1.82, 2.24) is 9.80 Å². The van der Waals surface area contributed by atoms with Crippen molar-refractivity contribution < 1.29 is 4.79 Å². The van der Waals surface area contributed by atoms with Crippen LogP contribution in [0.2, 0.25) is 0 Å². The molecule has 1 aromatic rings. The molecule has 3 heterocycles. The van der Waals surface area contributed by atoms with E-state index in [2.05, 4.69) is 41.0 Å². The quantitative estimate of drug-likeness (QED) is 0.758. The van der Waals surface area contributed by atoms with Crippen molar-refractivity contribution in [3.05, 3.63) is 35.4 Å². The molecule has 0 N–H and O–H groups in total. The number of amides is 2. The number of hydrogen-bond acceptors (Lipinski definition) is 1. The molecule has 3 nitrogen and oxygen atoms in total. The summed E-state index contributed by atoms with van der Waals surface area (Å²) in [6, 6.07) is 10.1. The Hall–Kier alpha value is -1.51. The Balaban J connectivity index is 1.50.